The van der Waals surface area contributed by atoms with Crippen molar-refractivity contribution in [1.29, 1.82) is 0 Å². The summed E-state index contributed by atoms with van der Waals surface area (Å²) in [4.78, 5) is 0. The molecule has 0 spiro atoms. The normalized spacial score (nSPS) is 17.6. The van der Waals surface area contributed by atoms with Crippen LogP contribution in [0.25, 0.3) is 66.1 Å². The summed E-state index contributed by atoms with van der Waals surface area (Å²) in [5, 5.41) is -0.898. The summed E-state index contributed by atoms with van der Waals surface area (Å²) in [5.74, 6) is 0. The first kappa shape index (κ1) is 10.7. The van der Waals surface area contributed by atoms with Crippen molar-refractivity contribution >= 4 is 43.6 Å². The third kappa shape index (κ3) is 3.01. The Morgan fingerprint density at radius 3 is 1.68 bits per heavy atom. The smallest absolute Gasteiger partial charge is 0.0782 e. The van der Waals surface area contributed by atoms with Crippen LogP contribution < -0.4 is 0 Å². The van der Waals surface area contributed by atoms with E-state index >= 15 is 0 Å². The second-order valence-corrected chi connectivity index (χ2v) is 8.63. The van der Waals surface area contributed by atoms with Crippen LogP contribution >= 0.6 is 0 Å². The summed E-state index contributed by atoms with van der Waals surface area (Å²) in [7, 11) is 0. The van der Waals surface area contributed by atoms with Crippen LogP contribution in [0.5, 0.6) is 0 Å². The highest BCUT2D eigenvalue weighted by atomic mass is 15.1. The number of hydrogen-bond acceptors (Lipinski definition) is 0. The lowest BCUT2D eigenvalue weighted by atomic mass is 10.1. The SMILES string of the molecule is [2H]c1ccc(-c2cccc(-n3c4c([2H])c([2H])c([2H])c([2H])c4c4c([2H])c([2H])c([2H])c(-n5c6c([2H])c([2H])c([2H])c([2H])c6c6c([2H])c([2H])c([2H])c([2H])c65)c43)c2)cc1. The zero-order chi connectivity index (χ0) is 39.0. The van der Waals surface area contributed by atoms with Crippen molar-refractivity contribution in [3.8, 4) is 22.5 Å². The van der Waals surface area contributed by atoms with E-state index in [1.165, 1.54) is 4.57 Å². The molecule has 0 saturated carbocycles. The third-order valence-electron chi connectivity index (χ3n) is 6.61. The Morgan fingerprint density at radius 2 is 1.00 bits per heavy atom. The van der Waals surface area contributed by atoms with Gasteiger partial charge in [0.05, 0.1) is 49.7 Å². The summed E-state index contributed by atoms with van der Waals surface area (Å²) in [5.41, 5.74) is 0.304. The van der Waals surface area contributed by atoms with Gasteiger partial charge in [-0.15, -0.1) is 0 Å². The highest BCUT2D eigenvalue weighted by Crippen LogP contribution is 2.39. The van der Waals surface area contributed by atoms with Gasteiger partial charge in [0.25, 0.3) is 0 Å². The first-order valence-corrected chi connectivity index (χ1v) is 11.7. The van der Waals surface area contributed by atoms with E-state index in [4.69, 9.17) is 20.6 Å². The van der Waals surface area contributed by atoms with E-state index in [0.717, 1.165) is 4.57 Å². The van der Waals surface area contributed by atoms with Gasteiger partial charge in [0.15, 0.2) is 0 Å². The average molecular weight is 501 g/mol. The zero-order valence-corrected chi connectivity index (χ0v) is 19.5. The quantitative estimate of drug-likeness (QED) is 0.229. The van der Waals surface area contributed by atoms with E-state index < -0.39 is 90.6 Å². The van der Waals surface area contributed by atoms with E-state index in [1.807, 2.05) is 0 Å². The van der Waals surface area contributed by atoms with Crippen molar-refractivity contribution in [3.05, 3.63) is 145 Å². The van der Waals surface area contributed by atoms with Gasteiger partial charge >= 0.3 is 0 Å². The second-order valence-electron chi connectivity index (χ2n) is 8.63. The van der Waals surface area contributed by atoms with Crippen LogP contribution in [0.1, 0.15) is 21.9 Å². The molecule has 0 unspecified atom stereocenters. The molecule has 0 radical (unpaired) electrons. The van der Waals surface area contributed by atoms with Crippen molar-refractivity contribution < 1.29 is 21.9 Å². The molecule has 0 aliphatic rings. The van der Waals surface area contributed by atoms with Crippen LogP contribution in [0.3, 0.4) is 0 Å². The molecule has 2 heterocycles. The number of hydrogen-bond donors (Lipinski definition) is 0. The summed E-state index contributed by atoms with van der Waals surface area (Å²) in [6.45, 7) is 0. The average Bonchev–Trinajstić information content (AvgIpc) is 3.71. The minimum atomic E-state index is -0.704. The molecule has 0 atom stereocenters. The second kappa shape index (κ2) is 8.22. The summed E-state index contributed by atoms with van der Waals surface area (Å²) >= 11 is 0. The van der Waals surface area contributed by atoms with Gasteiger partial charge in [-0.2, -0.15) is 0 Å². The van der Waals surface area contributed by atoms with Gasteiger partial charge < -0.3 is 9.13 Å². The Labute approximate surface area is 243 Å². The van der Waals surface area contributed by atoms with Gasteiger partial charge in [-0.1, -0.05) is 109 Å². The van der Waals surface area contributed by atoms with Gasteiger partial charge in [-0.3, -0.25) is 0 Å². The number of nitrogens with zero attached hydrogens (tertiary/aromatic N) is 2. The van der Waals surface area contributed by atoms with Gasteiger partial charge in [-0.25, -0.2) is 0 Å². The molecule has 38 heavy (non-hydrogen) atoms. The van der Waals surface area contributed by atoms with E-state index in [0.29, 0.717) is 11.1 Å². The molecule has 2 aromatic heterocycles. The molecule has 6 aromatic carbocycles. The molecule has 0 N–H and O–H groups in total. The van der Waals surface area contributed by atoms with Crippen LogP contribution in [-0.2, 0) is 0 Å². The molecule has 8 rings (SSSR count). The van der Waals surface area contributed by atoms with Crippen LogP contribution in [0, 0.1) is 0 Å². The molecule has 0 bridgehead atoms. The zero-order valence-electron chi connectivity index (χ0n) is 35.5. The number of benzene rings is 6. The lowest BCUT2D eigenvalue weighted by molar-refractivity contribution is 1.13. The summed E-state index contributed by atoms with van der Waals surface area (Å²) in [6.07, 6.45) is 0. The predicted octanol–water partition coefficient (Wildman–Crippen LogP) is 9.55. The van der Waals surface area contributed by atoms with Gasteiger partial charge in [0.1, 0.15) is 0 Å². The van der Waals surface area contributed by atoms with Crippen molar-refractivity contribution in [3.63, 3.8) is 0 Å². The Hall–Kier alpha value is -5.08. The predicted molar refractivity (Wildman–Crippen MR) is 161 cm³/mol. The van der Waals surface area contributed by atoms with E-state index in [-0.39, 0.29) is 61.0 Å². The molecular weight excluding hydrogens is 460 g/mol. The lowest BCUT2D eigenvalue weighted by Crippen LogP contribution is -2.00. The maximum atomic E-state index is 9.40. The fourth-order valence-corrected chi connectivity index (χ4v) is 5.02. The van der Waals surface area contributed by atoms with Gasteiger partial charge in [-0.05, 0) is 47.4 Å². The van der Waals surface area contributed by atoms with Crippen molar-refractivity contribution in [1.82, 2.24) is 9.13 Å². The van der Waals surface area contributed by atoms with Gasteiger partial charge in [0.2, 0.25) is 0 Å². The van der Waals surface area contributed by atoms with Crippen LogP contribution in [0.2, 0.25) is 0 Å². The number of rotatable bonds is 3. The number of fused-ring (bicyclic) bond motifs is 6. The van der Waals surface area contributed by atoms with E-state index in [2.05, 4.69) is 0 Å². The fourth-order valence-electron chi connectivity index (χ4n) is 5.02. The molecule has 0 amide bonds. The molecule has 0 aliphatic heterocycles. The topological polar surface area (TPSA) is 9.86 Å². The van der Waals surface area contributed by atoms with Crippen molar-refractivity contribution in [2.24, 2.45) is 0 Å². The van der Waals surface area contributed by atoms with Crippen LogP contribution in [-0.4, -0.2) is 9.13 Å². The molecule has 2 nitrogen and oxygen atoms in total. The fraction of sp³-hybridized carbons (Fsp3) is 0. The van der Waals surface area contributed by atoms with E-state index in [1.54, 1.807) is 48.5 Å². The Bertz CT molecular complexity index is 2920. The largest absolute Gasteiger partial charge is 0.307 e. The number of aromatic nitrogens is 2. The Morgan fingerprint density at radius 1 is 0.447 bits per heavy atom. The number of para-hydroxylation sites is 4. The molecule has 0 fully saturated rings. The maximum absolute atomic E-state index is 9.40. The van der Waals surface area contributed by atoms with Crippen LogP contribution in [0.15, 0.2) is 145 Å². The van der Waals surface area contributed by atoms with Crippen LogP contribution in [0.4, 0.5) is 0 Å². The first-order valence-electron chi connectivity index (χ1n) is 19.7. The van der Waals surface area contributed by atoms with E-state index in [9.17, 15) is 1.37 Å². The lowest BCUT2D eigenvalue weighted by Gasteiger charge is -2.15. The molecular formula is C36H24N2. The van der Waals surface area contributed by atoms with Gasteiger partial charge in [0, 0.05) is 27.2 Å². The highest BCUT2D eigenvalue weighted by molar-refractivity contribution is 6.15. The molecule has 178 valence electrons. The summed E-state index contributed by atoms with van der Waals surface area (Å²) in [6, 6.07) is 4.15. The molecule has 0 saturated heterocycles. The molecule has 2 heteroatoms. The maximum Gasteiger partial charge on any atom is 0.0782 e. The third-order valence-corrected chi connectivity index (χ3v) is 6.61. The Balaban J connectivity index is 1.72. The minimum absolute atomic E-state index is 0.126. The molecule has 8 aromatic rings. The minimum Gasteiger partial charge on any atom is -0.307 e. The standard InChI is InChI=1S/C36H24N2/c1-2-12-25(13-3-1)26-14-10-15-27(24-26)37-32-20-7-6-18-30(32)31-19-11-23-35(36(31)37)38-33-21-8-4-16-28(33)29-17-5-9-22-34(29)38/h1-24H/i1D,4D,5D,6D,7D,8D,9D,11D,16D,17D,18D,19D,20D,21D,22D,23D. The highest BCUT2D eigenvalue weighted by Gasteiger charge is 2.19. The monoisotopic (exact) mass is 500 g/mol. The summed E-state index contributed by atoms with van der Waals surface area (Å²) < 4.78 is 143. The first-order chi connectivity index (χ1) is 25.5. The van der Waals surface area contributed by atoms with Crippen molar-refractivity contribution in [2.45, 2.75) is 0 Å². The Kier molecular flexibility index (Phi) is 2.32. The van der Waals surface area contributed by atoms with Crippen molar-refractivity contribution in [2.75, 3.05) is 0 Å². The molecule has 0 aliphatic carbocycles.